The summed E-state index contributed by atoms with van der Waals surface area (Å²) in [5.41, 5.74) is 3.49. The van der Waals surface area contributed by atoms with Crippen LogP contribution in [0.2, 0.25) is 0 Å². The zero-order valence-corrected chi connectivity index (χ0v) is 17.6. The van der Waals surface area contributed by atoms with Gasteiger partial charge in [0.05, 0.1) is 5.56 Å². The lowest BCUT2D eigenvalue weighted by molar-refractivity contribution is 0.670. The third-order valence-electron chi connectivity index (χ3n) is 6.21. The van der Waals surface area contributed by atoms with E-state index in [1.807, 2.05) is 36.4 Å². The molecule has 33 heavy (non-hydrogen) atoms. The van der Waals surface area contributed by atoms with Crippen molar-refractivity contribution in [2.45, 2.75) is 0 Å². The zero-order chi connectivity index (χ0) is 21.8. The number of hydrogen-bond acceptors (Lipinski definition) is 4. The number of furan rings is 1. The molecule has 0 radical (unpaired) electrons. The van der Waals surface area contributed by atoms with Gasteiger partial charge in [0, 0.05) is 16.3 Å². The van der Waals surface area contributed by atoms with Crippen molar-refractivity contribution in [1.82, 2.24) is 15.0 Å². The SMILES string of the molecule is c1ccc2cc3c(cc2c1)oc1c(-c2ncnc(-c4cccc5ccccc45)n2)cccc13. The van der Waals surface area contributed by atoms with E-state index in [2.05, 4.69) is 70.6 Å². The number of nitrogens with zero attached hydrogens (tertiary/aromatic N) is 3. The van der Waals surface area contributed by atoms with Crippen molar-refractivity contribution in [3.8, 4) is 22.8 Å². The van der Waals surface area contributed by atoms with E-state index in [1.54, 1.807) is 6.33 Å². The molecule has 2 heterocycles. The minimum absolute atomic E-state index is 0.599. The lowest BCUT2D eigenvalue weighted by atomic mass is 10.0. The predicted molar refractivity (Wildman–Crippen MR) is 133 cm³/mol. The van der Waals surface area contributed by atoms with Crippen molar-refractivity contribution in [2.24, 2.45) is 0 Å². The largest absolute Gasteiger partial charge is 0.455 e. The highest BCUT2D eigenvalue weighted by Crippen LogP contribution is 2.37. The smallest absolute Gasteiger partial charge is 0.167 e. The summed E-state index contributed by atoms with van der Waals surface area (Å²) < 4.78 is 6.36. The van der Waals surface area contributed by atoms with Crippen LogP contribution < -0.4 is 0 Å². The lowest BCUT2D eigenvalue weighted by Crippen LogP contribution is -1.96. The molecule has 0 saturated heterocycles. The van der Waals surface area contributed by atoms with E-state index < -0.39 is 0 Å². The van der Waals surface area contributed by atoms with Crippen LogP contribution in [0, 0.1) is 0 Å². The lowest BCUT2D eigenvalue weighted by Gasteiger charge is -2.07. The minimum atomic E-state index is 0.599. The van der Waals surface area contributed by atoms with Gasteiger partial charge in [-0.05, 0) is 39.7 Å². The Hall–Kier alpha value is -4.57. The maximum atomic E-state index is 6.36. The first-order valence-corrected chi connectivity index (χ1v) is 10.9. The van der Waals surface area contributed by atoms with Gasteiger partial charge in [0.1, 0.15) is 17.5 Å². The Morgan fingerprint density at radius 2 is 1.15 bits per heavy atom. The third kappa shape index (κ3) is 2.81. The molecule has 0 saturated carbocycles. The van der Waals surface area contributed by atoms with E-state index >= 15 is 0 Å². The molecule has 5 aromatic carbocycles. The second-order valence-electron chi connectivity index (χ2n) is 8.14. The summed E-state index contributed by atoms with van der Waals surface area (Å²) in [5.74, 6) is 1.25. The second-order valence-corrected chi connectivity index (χ2v) is 8.14. The first kappa shape index (κ1) is 18.0. The predicted octanol–water partition coefficient (Wildman–Crippen LogP) is 7.41. The summed E-state index contributed by atoms with van der Waals surface area (Å²) in [5, 5.41) is 6.77. The molecule has 0 atom stereocenters. The second kappa shape index (κ2) is 6.97. The molecule has 4 heteroatoms. The maximum Gasteiger partial charge on any atom is 0.167 e. The summed E-state index contributed by atoms with van der Waals surface area (Å²) in [4.78, 5) is 13.9. The molecule has 0 aliphatic carbocycles. The maximum absolute atomic E-state index is 6.36. The van der Waals surface area contributed by atoms with Crippen molar-refractivity contribution in [3.63, 3.8) is 0 Å². The number of para-hydroxylation sites is 1. The third-order valence-corrected chi connectivity index (χ3v) is 6.21. The highest BCUT2D eigenvalue weighted by atomic mass is 16.3. The topological polar surface area (TPSA) is 51.8 Å². The Morgan fingerprint density at radius 1 is 0.515 bits per heavy atom. The van der Waals surface area contributed by atoms with E-state index in [4.69, 9.17) is 9.40 Å². The zero-order valence-electron chi connectivity index (χ0n) is 17.6. The summed E-state index contributed by atoms with van der Waals surface area (Å²) in [6.45, 7) is 0. The number of hydrogen-bond donors (Lipinski definition) is 0. The molecule has 0 amide bonds. The van der Waals surface area contributed by atoms with Gasteiger partial charge in [-0.2, -0.15) is 0 Å². The van der Waals surface area contributed by atoms with Gasteiger partial charge in [-0.1, -0.05) is 78.9 Å². The van der Waals surface area contributed by atoms with Crippen molar-refractivity contribution in [2.75, 3.05) is 0 Å². The van der Waals surface area contributed by atoms with Crippen molar-refractivity contribution in [3.05, 3.63) is 103 Å². The highest BCUT2D eigenvalue weighted by Gasteiger charge is 2.16. The molecule has 0 bridgehead atoms. The number of aromatic nitrogens is 3. The van der Waals surface area contributed by atoms with Crippen LogP contribution in [0.25, 0.3) is 66.3 Å². The average Bonchev–Trinajstić information content (AvgIpc) is 3.24. The number of rotatable bonds is 2. The highest BCUT2D eigenvalue weighted by molar-refractivity contribution is 6.12. The normalized spacial score (nSPS) is 11.6. The van der Waals surface area contributed by atoms with Gasteiger partial charge in [0.15, 0.2) is 11.6 Å². The summed E-state index contributed by atoms with van der Waals surface area (Å²) in [6, 6.07) is 33.2. The summed E-state index contributed by atoms with van der Waals surface area (Å²) in [7, 11) is 0. The van der Waals surface area contributed by atoms with Crippen LogP contribution in [-0.2, 0) is 0 Å². The van der Waals surface area contributed by atoms with Crippen LogP contribution in [0.5, 0.6) is 0 Å². The molecule has 0 spiro atoms. The molecule has 0 N–H and O–H groups in total. The quantitative estimate of drug-likeness (QED) is 0.290. The minimum Gasteiger partial charge on any atom is -0.455 e. The van der Waals surface area contributed by atoms with Gasteiger partial charge in [-0.15, -0.1) is 0 Å². The molecule has 2 aromatic heterocycles. The van der Waals surface area contributed by atoms with E-state index in [0.29, 0.717) is 11.6 Å². The summed E-state index contributed by atoms with van der Waals surface area (Å²) in [6.07, 6.45) is 1.58. The van der Waals surface area contributed by atoms with Crippen LogP contribution >= 0.6 is 0 Å². The van der Waals surface area contributed by atoms with Gasteiger partial charge in [0.25, 0.3) is 0 Å². The van der Waals surface area contributed by atoms with Gasteiger partial charge in [-0.25, -0.2) is 15.0 Å². The molecule has 7 rings (SSSR count). The Balaban J connectivity index is 1.45. The number of benzene rings is 5. The fourth-order valence-electron chi connectivity index (χ4n) is 4.64. The average molecular weight is 423 g/mol. The van der Waals surface area contributed by atoms with Gasteiger partial charge in [0.2, 0.25) is 0 Å². The van der Waals surface area contributed by atoms with Gasteiger partial charge in [-0.3, -0.25) is 0 Å². The summed E-state index contributed by atoms with van der Waals surface area (Å²) >= 11 is 0. The Bertz CT molecular complexity index is 1830. The molecule has 154 valence electrons. The van der Waals surface area contributed by atoms with Crippen LogP contribution in [0.3, 0.4) is 0 Å². The molecule has 0 fully saturated rings. The molecular weight excluding hydrogens is 406 g/mol. The monoisotopic (exact) mass is 423 g/mol. The molecule has 0 aliphatic rings. The molecule has 0 unspecified atom stereocenters. The molecule has 0 aliphatic heterocycles. The van der Waals surface area contributed by atoms with Crippen LogP contribution in [-0.4, -0.2) is 15.0 Å². The van der Waals surface area contributed by atoms with Crippen LogP contribution in [0.1, 0.15) is 0 Å². The van der Waals surface area contributed by atoms with Crippen LogP contribution in [0.15, 0.2) is 108 Å². The Kier molecular flexibility index (Phi) is 3.81. The van der Waals surface area contributed by atoms with E-state index in [-0.39, 0.29) is 0 Å². The molecule has 7 aromatic rings. The molecule has 4 nitrogen and oxygen atoms in total. The van der Waals surface area contributed by atoms with Crippen LogP contribution in [0.4, 0.5) is 0 Å². The van der Waals surface area contributed by atoms with Crippen molar-refractivity contribution < 1.29 is 4.42 Å². The first-order chi connectivity index (χ1) is 16.3. The van der Waals surface area contributed by atoms with Gasteiger partial charge >= 0.3 is 0 Å². The van der Waals surface area contributed by atoms with E-state index in [9.17, 15) is 0 Å². The van der Waals surface area contributed by atoms with E-state index in [0.717, 1.165) is 49.2 Å². The fourth-order valence-corrected chi connectivity index (χ4v) is 4.64. The van der Waals surface area contributed by atoms with E-state index in [1.165, 1.54) is 5.39 Å². The van der Waals surface area contributed by atoms with Crippen molar-refractivity contribution >= 4 is 43.5 Å². The first-order valence-electron chi connectivity index (χ1n) is 10.9. The number of fused-ring (bicyclic) bond motifs is 5. The Labute approximate surface area is 189 Å². The Morgan fingerprint density at radius 3 is 2.03 bits per heavy atom. The van der Waals surface area contributed by atoms with Crippen molar-refractivity contribution in [1.29, 1.82) is 0 Å². The standard InChI is InChI=1S/C29H17N3O/c1-2-9-20-16-26-25(15-19(20)8-1)22-12-6-14-24(27(22)33-26)29-31-17-30-28(32-29)23-13-5-10-18-7-3-4-11-21(18)23/h1-17H. The fraction of sp³-hybridized carbons (Fsp3) is 0. The molecular formula is C29H17N3O. The van der Waals surface area contributed by atoms with Gasteiger partial charge < -0.3 is 4.42 Å².